The van der Waals surface area contributed by atoms with Gasteiger partial charge >= 0.3 is 0 Å². The predicted octanol–water partition coefficient (Wildman–Crippen LogP) is 2.72. The van der Waals surface area contributed by atoms with Gasteiger partial charge in [-0.1, -0.05) is 38.0 Å². The summed E-state index contributed by atoms with van der Waals surface area (Å²) in [5, 5.41) is 6.57. The summed E-state index contributed by atoms with van der Waals surface area (Å²) in [4.78, 5) is 12.4. The van der Waals surface area contributed by atoms with Crippen molar-refractivity contribution < 1.29 is 4.79 Å². The average molecular weight is 258 g/mol. The van der Waals surface area contributed by atoms with Crippen LogP contribution in [0, 0.1) is 5.92 Å². The molecule has 3 nitrogen and oxygen atoms in total. The largest absolute Gasteiger partial charge is 0.373 e. The zero-order chi connectivity index (χ0) is 13.2. The normalized spacial score (nSPS) is 29.4. The number of hydrogen-bond donors (Lipinski definition) is 2. The molecule has 0 radical (unpaired) electrons. The highest BCUT2D eigenvalue weighted by atomic mass is 16.2. The highest BCUT2D eigenvalue weighted by Gasteiger charge is 2.29. The van der Waals surface area contributed by atoms with E-state index in [1.165, 1.54) is 24.8 Å². The van der Waals surface area contributed by atoms with Gasteiger partial charge in [-0.3, -0.25) is 4.79 Å². The second-order valence-corrected chi connectivity index (χ2v) is 5.94. The molecule has 3 atom stereocenters. The molecule has 3 heteroatoms. The summed E-state index contributed by atoms with van der Waals surface area (Å²) < 4.78 is 0. The van der Waals surface area contributed by atoms with Crippen LogP contribution in [-0.2, 0) is 11.2 Å². The third kappa shape index (κ3) is 2.60. The number of carbonyl (C=O) groups is 1. The minimum Gasteiger partial charge on any atom is -0.373 e. The van der Waals surface area contributed by atoms with Gasteiger partial charge in [0.05, 0.1) is 0 Å². The lowest BCUT2D eigenvalue weighted by molar-refractivity contribution is -0.123. The van der Waals surface area contributed by atoms with Crippen molar-refractivity contribution in [1.29, 1.82) is 0 Å². The fourth-order valence-electron chi connectivity index (χ4n) is 3.27. The summed E-state index contributed by atoms with van der Waals surface area (Å²) in [6.07, 6.45) is 5.73. The van der Waals surface area contributed by atoms with Gasteiger partial charge in [0.15, 0.2) is 0 Å². The molecule has 2 N–H and O–H groups in total. The topological polar surface area (TPSA) is 41.1 Å². The van der Waals surface area contributed by atoms with Gasteiger partial charge in [0.1, 0.15) is 6.04 Å². The first-order valence-corrected chi connectivity index (χ1v) is 7.39. The van der Waals surface area contributed by atoms with Gasteiger partial charge in [-0.2, -0.15) is 0 Å². The van der Waals surface area contributed by atoms with E-state index >= 15 is 0 Å². The molecule has 0 spiro atoms. The van der Waals surface area contributed by atoms with E-state index < -0.39 is 0 Å². The Morgan fingerprint density at radius 2 is 2.05 bits per heavy atom. The Balaban J connectivity index is 1.60. The van der Waals surface area contributed by atoms with Crippen LogP contribution < -0.4 is 10.6 Å². The van der Waals surface area contributed by atoms with E-state index in [1.54, 1.807) is 0 Å². The van der Waals surface area contributed by atoms with Crippen molar-refractivity contribution in [2.45, 2.75) is 51.1 Å². The molecular formula is C16H22N2O. The van der Waals surface area contributed by atoms with Crippen LogP contribution in [0.2, 0.25) is 0 Å². The summed E-state index contributed by atoms with van der Waals surface area (Å²) in [6, 6.07) is 8.46. The highest BCUT2D eigenvalue weighted by molar-refractivity contribution is 5.87. The van der Waals surface area contributed by atoms with Gasteiger partial charge < -0.3 is 10.6 Å². The zero-order valence-corrected chi connectivity index (χ0v) is 11.5. The number of anilines is 1. The van der Waals surface area contributed by atoms with Crippen LogP contribution in [0.1, 0.15) is 38.2 Å². The summed E-state index contributed by atoms with van der Waals surface area (Å²) in [5.41, 5.74) is 2.36. The van der Waals surface area contributed by atoms with Crippen LogP contribution in [0.5, 0.6) is 0 Å². The molecule has 0 bridgehead atoms. The Morgan fingerprint density at radius 3 is 2.84 bits per heavy atom. The van der Waals surface area contributed by atoms with Gasteiger partial charge in [-0.05, 0) is 30.4 Å². The number of fused-ring (bicyclic) bond motifs is 1. The Kier molecular flexibility index (Phi) is 3.45. The van der Waals surface area contributed by atoms with Crippen molar-refractivity contribution in [2.24, 2.45) is 5.92 Å². The van der Waals surface area contributed by atoms with Crippen LogP contribution >= 0.6 is 0 Å². The summed E-state index contributed by atoms with van der Waals surface area (Å²) >= 11 is 0. The lowest BCUT2D eigenvalue weighted by atomic mass is 9.86. The van der Waals surface area contributed by atoms with Gasteiger partial charge in [0, 0.05) is 18.2 Å². The third-order valence-corrected chi connectivity index (χ3v) is 4.53. The molecule has 1 fully saturated rings. The van der Waals surface area contributed by atoms with E-state index in [0.717, 1.165) is 18.5 Å². The Morgan fingerprint density at radius 1 is 1.26 bits per heavy atom. The first-order chi connectivity index (χ1) is 9.24. The molecule has 0 saturated heterocycles. The number of hydrogen-bond acceptors (Lipinski definition) is 2. The molecule has 19 heavy (non-hydrogen) atoms. The molecule has 3 rings (SSSR count). The van der Waals surface area contributed by atoms with E-state index in [2.05, 4.69) is 23.6 Å². The summed E-state index contributed by atoms with van der Waals surface area (Å²) in [7, 11) is 0. The van der Waals surface area contributed by atoms with Crippen LogP contribution in [0.3, 0.4) is 0 Å². The van der Waals surface area contributed by atoms with Gasteiger partial charge in [-0.15, -0.1) is 0 Å². The molecule has 2 aliphatic rings. The van der Waals surface area contributed by atoms with Crippen LogP contribution in [-0.4, -0.2) is 18.0 Å². The van der Waals surface area contributed by atoms with Crippen LogP contribution in [0.4, 0.5) is 5.69 Å². The van der Waals surface area contributed by atoms with E-state index in [0.29, 0.717) is 12.0 Å². The quantitative estimate of drug-likeness (QED) is 0.856. The standard InChI is InChI=1S/C16H22N2O/c1-11-6-2-4-8-13(11)18-16(19)15-10-12-7-3-5-9-14(12)17-15/h3,5,7,9,11,13,15,17H,2,4,6,8,10H2,1H3,(H,18,19). The van der Waals surface area contributed by atoms with E-state index in [4.69, 9.17) is 0 Å². The maximum absolute atomic E-state index is 12.4. The molecule has 1 aromatic carbocycles. The summed E-state index contributed by atoms with van der Waals surface area (Å²) in [6.45, 7) is 2.25. The predicted molar refractivity (Wildman–Crippen MR) is 77.1 cm³/mol. The van der Waals surface area contributed by atoms with Crippen molar-refractivity contribution in [3.63, 3.8) is 0 Å². The van der Waals surface area contributed by atoms with Crippen molar-refractivity contribution >= 4 is 11.6 Å². The zero-order valence-electron chi connectivity index (χ0n) is 11.5. The lowest BCUT2D eigenvalue weighted by Crippen LogP contribution is -2.47. The SMILES string of the molecule is CC1CCCCC1NC(=O)C1Cc2ccccc2N1. The number of benzene rings is 1. The second-order valence-electron chi connectivity index (χ2n) is 5.94. The molecule has 1 aliphatic carbocycles. The van der Waals surface area contributed by atoms with Crippen molar-refractivity contribution in [2.75, 3.05) is 5.32 Å². The molecule has 0 aromatic heterocycles. The number of amides is 1. The number of para-hydroxylation sites is 1. The van der Waals surface area contributed by atoms with Gasteiger partial charge in [-0.25, -0.2) is 0 Å². The lowest BCUT2D eigenvalue weighted by Gasteiger charge is -2.30. The monoisotopic (exact) mass is 258 g/mol. The molecule has 1 heterocycles. The molecule has 1 aliphatic heterocycles. The highest BCUT2D eigenvalue weighted by Crippen LogP contribution is 2.27. The number of rotatable bonds is 2. The van der Waals surface area contributed by atoms with Crippen molar-refractivity contribution in [3.8, 4) is 0 Å². The van der Waals surface area contributed by atoms with Gasteiger partial charge in [0.25, 0.3) is 0 Å². The molecule has 3 unspecified atom stereocenters. The van der Waals surface area contributed by atoms with Gasteiger partial charge in [0.2, 0.25) is 5.91 Å². The maximum atomic E-state index is 12.4. The Labute approximate surface area is 114 Å². The second kappa shape index (κ2) is 5.24. The molecule has 1 amide bonds. The number of nitrogens with one attached hydrogen (secondary N) is 2. The fourth-order valence-corrected chi connectivity index (χ4v) is 3.27. The minimum absolute atomic E-state index is 0.0912. The van der Waals surface area contributed by atoms with Crippen molar-refractivity contribution in [1.82, 2.24) is 5.32 Å². The molecule has 102 valence electrons. The van der Waals surface area contributed by atoms with Crippen molar-refractivity contribution in [3.05, 3.63) is 29.8 Å². The summed E-state index contributed by atoms with van der Waals surface area (Å²) in [5.74, 6) is 0.774. The first-order valence-electron chi connectivity index (χ1n) is 7.39. The fraction of sp³-hybridized carbons (Fsp3) is 0.562. The Hall–Kier alpha value is -1.51. The van der Waals surface area contributed by atoms with Crippen LogP contribution in [0.25, 0.3) is 0 Å². The van der Waals surface area contributed by atoms with E-state index in [-0.39, 0.29) is 11.9 Å². The average Bonchev–Trinajstić information content (AvgIpc) is 2.85. The number of carbonyl (C=O) groups excluding carboxylic acids is 1. The minimum atomic E-state index is -0.0912. The molecular weight excluding hydrogens is 236 g/mol. The maximum Gasteiger partial charge on any atom is 0.243 e. The van der Waals surface area contributed by atoms with E-state index in [9.17, 15) is 4.79 Å². The Bertz CT molecular complexity index is 447. The first kappa shape index (κ1) is 12.5. The molecule has 1 saturated carbocycles. The van der Waals surface area contributed by atoms with Crippen LogP contribution in [0.15, 0.2) is 24.3 Å². The smallest absolute Gasteiger partial charge is 0.243 e. The molecule has 1 aromatic rings. The third-order valence-electron chi connectivity index (χ3n) is 4.53. The van der Waals surface area contributed by atoms with E-state index in [1.807, 2.05) is 18.2 Å².